The molecular formula is C25H26N4O2. The van der Waals surface area contributed by atoms with E-state index in [9.17, 15) is 9.59 Å². The summed E-state index contributed by atoms with van der Waals surface area (Å²) in [5.41, 5.74) is 3.41. The number of aromatic nitrogens is 3. The van der Waals surface area contributed by atoms with Gasteiger partial charge in [-0.15, -0.1) is 0 Å². The molecular weight excluding hydrogens is 388 g/mol. The summed E-state index contributed by atoms with van der Waals surface area (Å²) in [6.07, 6.45) is 3.14. The van der Waals surface area contributed by atoms with Crippen LogP contribution in [0.4, 0.5) is 0 Å². The minimum atomic E-state index is -0.257. The third kappa shape index (κ3) is 3.74. The van der Waals surface area contributed by atoms with E-state index in [1.165, 1.54) is 11.6 Å². The van der Waals surface area contributed by atoms with Crippen molar-refractivity contribution in [2.45, 2.75) is 32.7 Å². The molecule has 1 aliphatic rings. The zero-order chi connectivity index (χ0) is 21.4. The van der Waals surface area contributed by atoms with Crippen LogP contribution in [0.2, 0.25) is 0 Å². The topological polar surface area (TPSA) is 59.6 Å². The Morgan fingerprint density at radius 3 is 2.52 bits per heavy atom. The van der Waals surface area contributed by atoms with E-state index < -0.39 is 0 Å². The Hall–Kier alpha value is -3.41. The Kier molecular flexibility index (Phi) is 5.06. The molecule has 0 unspecified atom stereocenters. The molecule has 158 valence electrons. The van der Waals surface area contributed by atoms with Crippen molar-refractivity contribution in [2.24, 2.45) is 5.92 Å². The zero-order valence-corrected chi connectivity index (χ0v) is 17.7. The SMILES string of the molecule is Cc1cc(=O)nc2c3ccccc3n(CC(=O)N3CCC(Cc4ccccc4)CC3)n12. The van der Waals surface area contributed by atoms with E-state index in [1.807, 2.05) is 51.4 Å². The van der Waals surface area contributed by atoms with Crippen LogP contribution in [0.3, 0.4) is 0 Å². The van der Waals surface area contributed by atoms with Crippen LogP contribution in [-0.2, 0) is 17.8 Å². The summed E-state index contributed by atoms with van der Waals surface area (Å²) in [5, 5.41) is 0.887. The first-order valence-electron chi connectivity index (χ1n) is 10.9. The molecule has 5 rings (SSSR count). The van der Waals surface area contributed by atoms with Crippen LogP contribution in [0.5, 0.6) is 0 Å². The lowest BCUT2D eigenvalue weighted by molar-refractivity contribution is -0.133. The Morgan fingerprint density at radius 1 is 1.03 bits per heavy atom. The molecule has 1 amide bonds. The van der Waals surface area contributed by atoms with Gasteiger partial charge in [0.15, 0.2) is 5.65 Å². The van der Waals surface area contributed by atoms with Crippen molar-refractivity contribution < 1.29 is 4.79 Å². The minimum absolute atomic E-state index is 0.110. The summed E-state index contributed by atoms with van der Waals surface area (Å²) in [7, 11) is 0. The van der Waals surface area contributed by atoms with Crippen LogP contribution in [0.15, 0.2) is 65.5 Å². The highest BCUT2D eigenvalue weighted by molar-refractivity contribution is 5.93. The Morgan fingerprint density at radius 2 is 1.74 bits per heavy atom. The first-order chi connectivity index (χ1) is 15.1. The van der Waals surface area contributed by atoms with Gasteiger partial charge in [-0.3, -0.25) is 14.3 Å². The number of hydrogen-bond acceptors (Lipinski definition) is 3. The molecule has 0 atom stereocenters. The van der Waals surface area contributed by atoms with E-state index >= 15 is 0 Å². The maximum Gasteiger partial charge on any atom is 0.273 e. The first kappa shape index (κ1) is 19.5. The van der Waals surface area contributed by atoms with Gasteiger partial charge in [-0.2, -0.15) is 4.98 Å². The molecule has 0 saturated carbocycles. The van der Waals surface area contributed by atoms with Crippen LogP contribution in [0.1, 0.15) is 24.1 Å². The maximum atomic E-state index is 13.2. The Bertz CT molecular complexity index is 1300. The molecule has 2 aromatic heterocycles. The molecule has 0 spiro atoms. The van der Waals surface area contributed by atoms with E-state index in [0.29, 0.717) is 11.6 Å². The molecule has 6 nitrogen and oxygen atoms in total. The molecule has 2 aromatic carbocycles. The highest BCUT2D eigenvalue weighted by Gasteiger charge is 2.24. The van der Waals surface area contributed by atoms with Crippen LogP contribution in [-0.4, -0.2) is 38.1 Å². The first-order valence-corrected chi connectivity index (χ1v) is 10.9. The number of rotatable bonds is 4. The van der Waals surface area contributed by atoms with Gasteiger partial charge in [-0.1, -0.05) is 42.5 Å². The normalized spacial score (nSPS) is 15.1. The van der Waals surface area contributed by atoms with Gasteiger partial charge in [0.1, 0.15) is 6.54 Å². The molecule has 4 aromatic rings. The molecule has 0 bridgehead atoms. The van der Waals surface area contributed by atoms with Crippen LogP contribution < -0.4 is 5.56 Å². The van der Waals surface area contributed by atoms with Gasteiger partial charge in [0, 0.05) is 30.2 Å². The van der Waals surface area contributed by atoms with Gasteiger partial charge in [-0.05, 0) is 49.8 Å². The number of aryl methyl sites for hydroxylation is 1. The van der Waals surface area contributed by atoms with Crippen molar-refractivity contribution in [3.63, 3.8) is 0 Å². The Labute approximate surface area is 180 Å². The second-order valence-electron chi connectivity index (χ2n) is 8.46. The van der Waals surface area contributed by atoms with Gasteiger partial charge in [0.2, 0.25) is 5.91 Å². The van der Waals surface area contributed by atoms with Gasteiger partial charge in [0.05, 0.1) is 5.52 Å². The smallest absolute Gasteiger partial charge is 0.273 e. The number of likely N-dealkylation sites (tertiary alicyclic amines) is 1. The summed E-state index contributed by atoms with van der Waals surface area (Å²) < 4.78 is 3.84. The summed E-state index contributed by atoms with van der Waals surface area (Å²) >= 11 is 0. The predicted octanol–water partition coefficient (Wildman–Crippen LogP) is 3.44. The van der Waals surface area contributed by atoms with Crippen molar-refractivity contribution in [2.75, 3.05) is 13.1 Å². The fourth-order valence-corrected chi connectivity index (χ4v) is 4.78. The van der Waals surface area contributed by atoms with Crippen LogP contribution in [0, 0.1) is 12.8 Å². The fourth-order valence-electron chi connectivity index (χ4n) is 4.78. The van der Waals surface area contributed by atoms with E-state index in [2.05, 4.69) is 29.2 Å². The number of carbonyl (C=O) groups excluding carboxylic acids is 1. The van der Waals surface area contributed by atoms with Gasteiger partial charge < -0.3 is 4.90 Å². The minimum Gasteiger partial charge on any atom is -0.341 e. The quantitative estimate of drug-likeness (QED) is 0.514. The molecule has 0 aliphatic carbocycles. The van der Waals surface area contributed by atoms with Gasteiger partial charge >= 0.3 is 0 Å². The largest absolute Gasteiger partial charge is 0.341 e. The lowest BCUT2D eigenvalue weighted by atomic mass is 9.90. The number of benzene rings is 2. The Balaban J connectivity index is 1.36. The van der Waals surface area contributed by atoms with E-state index in [0.717, 1.165) is 48.9 Å². The van der Waals surface area contributed by atoms with Crippen molar-refractivity contribution in [1.29, 1.82) is 0 Å². The second-order valence-corrected chi connectivity index (χ2v) is 8.46. The monoisotopic (exact) mass is 414 g/mol. The molecule has 31 heavy (non-hydrogen) atoms. The number of hydrogen-bond donors (Lipinski definition) is 0. The molecule has 1 aliphatic heterocycles. The van der Waals surface area contributed by atoms with E-state index in [-0.39, 0.29) is 18.0 Å². The number of amides is 1. The van der Waals surface area contributed by atoms with E-state index in [1.54, 1.807) is 0 Å². The second kappa shape index (κ2) is 8.02. The molecule has 0 N–H and O–H groups in total. The van der Waals surface area contributed by atoms with Gasteiger partial charge in [-0.25, -0.2) is 4.52 Å². The third-order valence-corrected chi connectivity index (χ3v) is 6.37. The molecule has 1 fully saturated rings. The highest BCUT2D eigenvalue weighted by Crippen LogP contribution is 2.24. The summed E-state index contributed by atoms with van der Waals surface area (Å²) in [4.78, 5) is 31.4. The van der Waals surface area contributed by atoms with Crippen molar-refractivity contribution in [3.8, 4) is 0 Å². The van der Waals surface area contributed by atoms with Gasteiger partial charge in [0.25, 0.3) is 5.56 Å². The van der Waals surface area contributed by atoms with Crippen LogP contribution >= 0.6 is 0 Å². The molecule has 3 heterocycles. The van der Waals surface area contributed by atoms with Crippen molar-refractivity contribution >= 4 is 22.5 Å². The standard InChI is InChI=1S/C25H26N4O2/c1-18-15-23(30)26-25-21-9-5-6-10-22(21)28(29(18)25)17-24(31)27-13-11-20(12-14-27)16-19-7-3-2-4-8-19/h2-10,15,20H,11-14,16-17H2,1H3. The average molecular weight is 415 g/mol. The number of piperidine rings is 1. The maximum absolute atomic E-state index is 13.2. The predicted molar refractivity (Wildman–Crippen MR) is 121 cm³/mol. The number of para-hydroxylation sites is 1. The molecule has 0 radical (unpaired) electrons. The zero-order valence-electron chi connectivity index (χ0n) is 17.7. The number of carbonyl (C=O) groups is 1. The number of fused-ring (bicyclic) bond motifs is 3. The summed E-state index contributed by atoms with van der Waals surface area (Å²) in [6.45, 7) is 3.70. The molecule has 1 saturated heterocycles. The van der Waals surface area contributed by atoms with Crippen molar-refractivity contribution in [1.82, 2.24) is 19.1 Å². The summed E-state index contributed by atoms with van der Waals surface area (Å²) in [5.74, 6) is 0.731. The molecule has 6 heteroatoms. The highest BCUT2D eigenvalue weighted by atomic mass is 16.2. The third-order valence-electron chi connectivity index (χ3n) is 6.37. The average Bonchev–Trinajstić information content (AvgIpc) is 3.09. The van der Waals surface area contributed by atoms with E-state index in [4.69, 9.17) is 0 Å². The van der Waals surface area contributed by atoms with Crippen LogP contribution in [0.25, 0.3) is 16.6 Å². The van der Waals surface area contributed by atoms with Crippen molar-refractivity contribution in [3.05, 3.63) is 82.3 Å². The fraction of sp³-hybridized carbons (Fsp3) is 0.320. The summed E-state index contributed by atoms with van der Waals surface area (Å²) in [6, 6.07) is 19.9. The lowest BCUT2D eigenvalue weighted by Crippen LogP contribution is -2.41. The number of nitrogens with zero attached hydrogens (tertiary/aromatic N) is 4. The lowest BCUT2D eigenvalue weighted by Gasteiger charge is -2.32.